The molecule has 8 heteroatoms. The highest BCUT2D eigenvalue weighted by atomic mass is 19.4. The number of nitriles is 1. The molecule has 1 aromatic heterocycles. The van der Waals surface area contributed by atoms with Gasteiger partial charge in [-0.1, -0.05) is 6.07 Å². The Hall–Kier alpha value is -3.60. The van der Waals surface area contributed by atoms with Crippen molar-refractivity contribution < 1.29 is 13.2 Å². The van der Waals surface area contributed by atoms with E-state index in [9.17, 15) is 13.2 Å². The van der Waals surface area contributed by atoms with Gasteiger partial charge in [0.05, 0.1) is 17.2 Å². The molecule has 0 atom stereocenters. The van der Waals surface area contributed by atoms with Crippen molar-refractivity contribution in [1.82, 2.24) is 9.97 Å². The summed E-state index contributed by atoms with van der Waals surface area (Å²) >= 11 is 0. The van der Waals surface area contributed by atoms with E-state index in [-0.39, 0.29) is 0 Å². The predicted molar refractivity (Wildman–Crippen MR) is 95.9 cm³/mol. The molecule has 2 aromatic carbocycles. The lowest BCUT2D eigenvalue weighted by molar-refractivity contribution is -0.137. The van der Waals surface area contributed by atoms with Gasteiger partial charge < -0.3 is 10.6 Å². The number of nitrogens with one attached hydrogen (secondary N) is 2. The largest absolute Gasteiger partial charge is 0.416 e. The number of benzene rings is 2. The van der Waals surface area contributed by atoms with E-state index in [0.29, 0.717) is 34.4 Å². The maximum atomic E-state index is 12.6. The number of anilines is 4. The van der Waals surface area contributed by atoms with Gasteiger partial charge in [0.1, 0.15) is 5.82 Å². The van der Waals surface area contributed by atoms with E-state index in [2.05, 4.69) is 26.7 Å². The second-order valence-corrected chi connectivity index (χ2v) is 5.74. The van der Waals surface area contributed by atoms with Gasteiger partial charge in [-0.15, -0.1) is 0 Å². The summed E-state index contributed by atoms with van der Waals surface area (Å²) in [4.78, 5) is 8.59. The van der Waals surface area contributed by atoms with E-state index in [1.165, 1.54) is 12.1 Å². The van der Waals surface area contributed by atoms with E-state index in [1.54, 1.807) is 37.3 Å². The van der Waals surface area contributed by atoms with Crippen LogP contribution in [0.15, 0.2) is 54.6 Å². The van der Waals surface area contributed by atoms with Crippen molar-refractivity contribution in [3.05, 3.63) is 71.4 Å². The normalized spacial score (nSPS) is 10.9. The molecular formula is C19H14F3N5. The molecule has 0 aliphatic carbocycles. The fourth-order valence-corrected chi connectivity index (χ4v) is 2.37. The zero-order valence-corrected chi connectivity index (χ0v) is 14.2. The smallest absolute Gasteiger partial charge is 0.340 e. The number of aromatic nitrogens is 2. The van der Waals surface area contributed by atoms with Gasteiger partial charge in [0.15, 0.2) is 0 Å². The van der Waals surface area contributed by atoms with Crippen molar-refractivity contribution in [3.8, 4) is 6.07 Å². The first-order chi connectivity index (χ1) is 12.8. The maximum absolute atomic E-state index is 12.6. The summed E-state index contributed by atoms with van der Waals surface area (Å²) in [5, 5.41) is 14.9. The molecule has 0 aliphatic rings. The van der Waals surface area contributed by atoms with Crippen molar-refractivity contribution in [2.75, 3.05) is 10.6 Å². The number of alkyl halides is 3. The lowest BCUT2D eigenvalue weighted by Gasteiger charge is -2.11. The van der Waals surface area contributed by atoms with Crippen LogP contribution in [0, 0.1) is 18.3 Å². The molecule has 0 fully saturated rings. The molecule has 0 aliphatic heterocycles. The number of nitrogens with zero attached hydrogens (tertiary/aromatic N) is 3. The lowest BCUT2D eigenvalue weighted by Crippen LogP contribution is -2.05. The standard InChI is InChI=1S/C19H14F3N5/c1-12-9-17(25-15-7-5-14(6-8-15)19(20,21)22)27-18(24-12)26-16-4-2-3-13(10-16)11-23/h2-10H,1H3,(H2,24,25,26,27). The molecule has 0 unspecified atom stereocenters. The van der Waals surface area contributed by atoms with E-state index < -0.39 is 11.7 Å². The van der Waals surface area contributed by atoms with Gasteiger partial charge in [-0.05, 0) is 49.4 Å². The summed E-state index contributed by atoms with van der Waals surface area (Å²) in [5.74, 6) is 0.737. The Morgan fingerprint density at radius 3 is 2.33 bits per heavy atom. The second kappa shape index (κ2) is 7.33. The molecular weight excluding hydrogens is 355 g/mol. The molecule has 0 saturated carbocycles. The number of hydrogen-bond acceptors (Lipinski definition) is 5. The topological polar surface area (TPSA) is 73.6 Å². The molecule has 3 aromatic rings. The molecule has 136 valence electrons. The van der Waals surface area contributed by atoms with Gasteiger partial charge >= 0.3 is 6.18 Å². The zero-order valence-electron chi connectivity index (χ0n) is 14.2. The minimum Gasteiger partial charge on any atom is -0.340 e. The fraction of sp³-hybridized carbons (Fsp3) is 0.105. The van der Waals surface area contributed by atoms with E-state index in [1.807, 2.05) is 0 Å². The quantitative estimate of drug-likeness (QED) is 0.664. The fourth-order valence-electron chi connectivity index (χ4n) is 2.37. The lowest BCUT2D eigenvalue weighted by atomic mass is 10.2. The third-order valence-electron chi connectivity index (χ3n) is 3.59. The third kappa shape index (κ3) is 4.73. The molecule has 0 bridgehead atoms. The Bertz CT molecular complexity index is 991. The minimum atomic E-state index is -4.38. The third-order valence-corrected chi connectivity index (χ3v) is 3.59. The Labute approximate surface area is 153 Å². The Balaban J connectivity index is 1.80. The summed E-state index contributed by atoms with van der Waals surface area (Å²) < 4.78 is 37.9. The van der Waals surface area contributed by atoms with Gasteiger partial charge in [-0.25, -0.2) is 4.98 Å². The Morgan fingerprint density at radius 2 is 1.67 bits per heavy atom. The van der Waals surface area contributed by atoms with Crippen LogP contribution in [0.2, 0.25) is 0 Å². The first-order valence-corrected chi connectivity index (χ1v) is 7.91. The summed E-state index contributed by atoms with van der Waals surface area (Å²) in [6, 6.07) is 15.3. The first kappa shape index (κ1) is 18.2. The SMILES string of the molecule is Cc1cc(Nc2ccc(C(F)(F)F)cc2)nc(Nc2cccc(C#N)c2)n1. The van der Waals surface area contributed by atoms with Crippen LogP contribution in [0.4, 0.5) is 36.3 Å². The summed E-state index contributed by atoms with van der Waals surface area (Å²) in [5.41, 5.74) is 1.57. The van der Waals surface area contributed by atoms with Crippen molar-refractivity contribution in [3.63, 3.8) is 0 Å². The van der Waals surface area contributed by atoms with Crippen LogP contribution >= 0.6 is 0 Å². The molecule has 27 heavy (non-hydrogen) atoms. The van der Waals surface area contributed by atoms with Crippen LogP contribution in [0.3, 0.4) is 0 Å². The second-order valence-electron chi connectivity index (χ2n) is 5.74. The molecule has 0 spiro atoms. The summed E-state index contributed by atoms with van der Waals surface area (Å²) in [7, 11) is 0. The number of rotatable bonds is 4. The molecule has 0 saturated heterocycles. The van der Waals surface area contributed by atoms with E-state index in [4.69, 9.17) is 5.26 Å². The van der Waals surface area contributed by atoms with Crippen molar-refractivity contribution in [2.45, 2.75) is 13.1 Å². The average molecular weight is 369 g/mol. The number of aryl methyl sites for hydroxylation is 1. The van der Waals surface area contributed by atoms with Crippen LogP contribution in [0.25, 0.3) is 0 Å². The number of halogens is 3. The highest BCUT2D eigenvalue weighted by molar-refractivity contribution is 5.61. The monoisotopic (exact) mass is 369 g/mol. The Morgan fingerprint density at radius 1 is 0.926 bits per heavy atom. The van der Waals surface area contributed by atoms with Gasteiger partial charge in [-0.3, -0.25) is 0 Å². The Kier molecular flexibility index (Phi) is 4.94. The zero-order chi connectivity index (χ0) is 19.4. The van der Waals surface area contributed by atoms with Gasteiger partial charge in [-0.2, -0.15) is 23.4 Å². The highest BCUT2D eigenvalue weighted by Crippen LogP contribution is 2.30. The minimum absolute atomic E-state index is 0.305. The van der Waals surface area contributed by atoms with Crippen LogP contribution in [0.5, 0.6) is 0 Å². The van der Waals surface area contributed by atoms with Crippen LogP contribution < -0.4 is 10.6 Å². The van der Waals surface area contributed by atoms with Crippen LogP contribution in [-0.4, -0.2) is 9.97 Å². The van der Waals surface area contributed by atoms with Crippen LogP contribution in [-0.2, 0) is 6.18 Å². The summed E-state index contributed by atoms with van der Waals surface area (Å²) in [6.07, 6.45) is -4.38. The van der Waals surface area contributed by atoms with Crippen molar-refractivity contribution >= 4 is 23.1 Å². The van der Waals surface area contributed by atoms with E-state index in [0.717, 1.165) is 12.1 Å². The summed E-state index contributed by atoms with van der Waals surface area (Å²) in [6.45, 7) is 1.77. The molecule has 0 radical (unpaired) electrons. The van der Waals surface area contributed by atoms with E-state index >= 15 is 0 Å². The maximum Gasteiger partial charge on any atom is 0.416 e. The van der Waals surface area contributed by atoms with Gasteiger partial charge in [0.25, 0.3) is 0 Å². The molecule has 5 nitrogen and oxygen atoms in total. The van der Waals surface area contributed by atoms with Gasteiger partial charge in [0, 0.05) is 23.1 Å². The predicted octanol–water partition coefficient (Wildman–Crippen LogP) is 5.16. The molecule has 0 amide bonds. The van der Waals surface area contributed by atoms with Crippen molar-refractivity contribution in [2.24, 2.45) is 0 Å². The molecule has 3 rings (SSSR count). The van der Waals surface area contributed by atoms with Gasteiger partial charge in [0.2, 0.25) is 5.95 Å². The first-order valence-electron chi connectivity index (χ1n) is 7.91. The van der Waals surface area contributed by atoms with Crippen molar-refractivity contribution in [1.29, 1.82) is 5.26 Å². The number of hydrogen-bond donors (Lipinski definition) is 2. The average Bonchev–Trinajstić information content (AvgIpc) is 2.61. The van der Waals surface area contributed by atoms with Crippen LogP contribution in [0.1, 0.15) is 16.8 Å². The highest BCUT2D eigenvalue weighted by Gasteiger charge is 2.29. The molecule has 2 N–H and O–H groups in total. The molecule has 1 heterocycles.